The SMILES string of the molecule is C1=CCC2Oc3cccc(N(c4ccccc4)c4ccc5ccc6c7ccccc7ccc6c5c4)c3C2=C1. The Kier molecular flexibility index (Phi) is 4.68. The first-order valence-corrected chi connectivity index (χ1v) is 13.2. The van der Waals surface area contributed by atoms with Crippen molar-refractivity contribution in [2.24, 2.45) is 0 Å². The van der Waals surface area contributed by atoms with E-state index >= 15 is 0 Å². The molecule has 2 aliphatic rings. The molecule has 0 spiro atoms. The van der Waals surface area contributed by atoms with Crippen molar-refractivity contribution in [3.63, 3.8) is 0 Å². The molecule has 0 saturated carbocycles. The smallest absolute Gasteiger partial charge is 0.130 e. The van der Waals surface area contributed by atoms with Gasteiger partial charge < -0.3 is 9.64 Å². The third-order valence-electron chi connectivity index (χ3n) is 7.91. The lowest BCUT2D eigenvalue weighted by Crippen LogP contribution is -2.14. The van der Waals surface area contributed by atoms with Crippen LogP contribution in [0.5, 0.6) is 5.75 Å². The second-order valence-electron chi connectivity index (χ2n) is 10.1. The maximum absolute atomic E-state index is 6.40. The summed E-state index contributed by atoms with van der Waals surface area (Å²) in [5.74, 6) is 0.959. The van der Waals surface area contributed by atoms with Crippen molar-refractivity contribution < 1.29 is 4.74 Å². The first-order chi connectivity index (χ1) is 18.8. The van der Waals surface area contributed by atoms with Gasteiger partial charge in [0.05, 0.1) is 5.69 Å². The molecular formula is C36H25NO. The Hall–Kier alpha value is -4.82. The van der Waals surface area contributed by atoms with Crippen LogP contribution in [0.3, 0.4) is 0 Å². The lowest BCUT2D eigenvalue weighted by molar-refractivity contribution is 0.279. The van der Waals surface area contributed by atoms with E-state index in [-0.39, 0.29) is 6.10 Å². The highest BCUT2D eigenvalue weighted by molar-refractivity contribution is 6.17. The van der Waals surface area contributed by atoms with Gasteiger partial charge in [-0.3, -0.25) is 0 Å². The summed E-state index contributed by atoms with van der Waals surface area (Å²) >= 11 is 0. The molecule has 1 atom stereocenters. The van der Waals surface area contributed by atoms with Gasteiger partial charge in [-0.1, -0.05) is 97.1 Å². The lowest BCUT2D eigenvalue weighted by atomic mass is 9.94. The molecule has 1 heterocycles. The van der Waals surface area contributed by atoms with Gasteiger partial charge in [0.15, 0.2) is 0 Å². The second kappa shape index (κ2) is 8.36. The molecule has 180 valence electrons. The fourth-order valence-electron chi connectivity index (χ4n) is 6.16. The Bertz CT molecular complexity index is 1930. The first-order valence-electron chi connectivity index (χ1n) is 13.2. The number of hydrogen-bond acceptors (Lipinski definition) is 2. The molecule has 6 aromatic carbocycles. The van der Waals surface area contributed by atoms with Crippen molar-refractivity contribution in [2.75, 3.05) is 4.90 Å². The molecule has 0 radical (unpaired) electrons. The standard InChI is InChI=1S/C36H25NO/c1-2-10-26(11-3-1)37(33-14-8-16-35-36(33)31-13-6-7-15-34(31)38-35)27-20-17-25-19-21-29-28-12-5-4-9-24(28)18-22-30(29)32(25)23-27/h1-14,16-23,34H,15H2. The van der Waals surface area contributed by atoms with Crippen LogP contribution in [0, 0.1) is 0 Å². The number of allylic oxidation sites excluding steroid dienone is 2. The van der Waals surface area contributed by atoms with Crippen LogP contribution in [0.25, 0.3) is 37.9 Å². The Labute approximate surface area is 221 Å². The molecule has 0 bridgehead atoms. The highest BCUT2D eigenvalue weighted by atomic mass is 16.5. The van der Waals surface area contributed by atoms with E-state index < -0.39 is 0 Å². The van der Waals surface area contributed by atoms with Crippen molar-refractivity contribution in [3.8, 4) is 5.75 Å². The molecule has 8 rings (SSSR count). The number of hydrogen-bond donors (Lipinski definition) is 0. The summed E-state index contributed by atoms with van der Waals surface area (Å²) in [6, 6.07) is 41.6. The van der Waals surface area contributed by atoms with Crippen LogP contribution in [0.15, 0.2) is 133 Å². The van der Waals surface area contributed by atoms with Gasteiger partial charge in [0.1, 0.15) is 11.9 Å². The highest BCUT2D eigenvalue weighted by Gasteiger charge is 2.33. The molecule has 0 amide bonds. The molecular weight excluding hydrogens is 462 g/mol. The molecule has 1 aliphatic heterocycles. The fourth-order valence-corrected chi connectivity index (χ4v) is 6.16. The number of fused-ring (bicyclic) bond motifs is 8. The Morgan fingerprint density at radius 2 is 1.37 bits per heavy atom. The Morgan fingerprint density at radius 1 is 0.605 bits per heavy atom. The predicted octanol–water partition coefficient (Wildman–Crippen LogP) is 9.72. The van der Waals surface area contributed by atoms with Gasteiger partial charge in [0.25, 0.3) is 0 Å². The summed E-state index contributed by atoms with van der Waals surface area (Å²) in [4.78, 5) is 2.38. The zero-order valence-corrected chi connectivity index (χ0v) is 20.8. The minimum Gasteiger partial charge on any atom is -0.485 e. The average Bonchev–Trinajstić information content (AvgIpc) is 3.37. The summed E-state index contributed by atoms with van der Waals surface area (Å²) in [6.45, 7) is 0. The van der Waals surface area contributed by atoms with Crippen LogP contribution >= 0.6 is 0 Å². The van der Waals surface area contributed by atoms with Crippen molar-refractivity contribution in [1.82, 2.24) is 0 Å². The van der Waals surface area contributed by atoms with Gasteiger partial charge in [0.2, 0.25) is 0 Å². The van der Waals surface area contributed by atoms with E-state index in [0.29, 0.717) is 0 Å². The Morgan fingerprint density at radius 3 is 2.26 bits per heavy atom. The second-order valence-corrected chi connectivity index (χ2v) is 10.1. The Balaban J connectivity index is 1.39. The van der Waals surface area contributed by atoms with Crippen molar-refractivity contribution >= 4 is 55.0 Å². The van der Waals surface area contributed by atoms with E-state index in [1.807, 2.05) is 0 Å². The zero-order valence-electron chi connectivity index (χ0n) is 20.8. The van der Waals surface area contributed by atoms with Crippen molar-refractivity contribution in [2.45, 2.75) is 12.5 Å². The fraction of sp³-hybridized carbons (Fsp3) is 0.0556. The van der Waals surface area contributed by atoms with Crippen molar-refractivity contribution in [1.29, 1.82) is 0 Å². The molecule has 0 N–H and O–H groups in total. The van der Waals surface area contributed by atoms with Gasteiger partial charge in [-0.15, -0.1) is 0 Å². The topological polar surface area (TPSA) is 12.5 Å². The number of anilines is 3. The minimum atomic E-state index is 0.0857. The molecule has 6 aromatic rings. The summed E-state index contributed by atoms with van der Waals surface area (Å²) in [6.07, 6.45) is 7.54. The van der Waals surface area contributed by atoms with Crippen LogP contribution in [0.2, 0.25) is 0 Å². The summed E-state index contributed by atoms with van der Waals surface area (Å²) in [7, 11) is 0. The number of ether oxygens (including phenoxy) is 1. The minimum absolute atomic E-state index is 0.0857. The van der Waals surface area contributed by atoms with Crippen LogP contribution < -0.4 is 9.64 Å². The molecule has 0 saturated heterocycles. The third-order valence-corrected chi connectivity index (χ3v) is 7.91. The lowest BCUT2D eigenvalue weighted by Gasteiger charge is -2.28. The van der Waals surface area contributed by atoms with Crippen LogP contribution in [-0.4, -0.2) is 6.10 Å². The highest BCUT2D eigenvalue weighted by Crippen LogP contribution is 2.49. The van der Waals surface area contributed by atoms with E-state index in [1.54, 1.807) is 0 Å². The van der Waals surface area contributed by atoms with Crippen molar-refractivity contribution in [3.05, 3.63) is 139 Å². The first kappa shape index (κ1) is 21.3. The molecule has 1 aliphatic carbocycles. The summed E-state index contributed by atoms with van der Waals surface area (Å²) in [5, 5.41) is 7.62. The maximum atomic E-state index is 6.40. The molecule has 0 fully saturated rings. The predicted molar refractivity (Wildman–Crippen MR) is 160 cm³/mol. The van der Waals surface area contributed by atoms with E-state index in [0.717, 1.165) is 29.2 Å². The van der Waals surface area contributed by atoms with Gasteiger partial charge in [-0.05, 0) is 68.7 Å². The number of benzene rings is 6. The molecule has 2 heteroatoms. The summed E-state index contributed by atoms with van der Waals surface area (Å²) < 4.78 is 6.40. The van der Waals surface area contributed by atoms with E-state index in [1.165, 1.54) is 43.5 Å². The number of nitrogens with zero attached hydrogens (tertiary/aromatic N) is 1. The van der Waals surface area contributed by atoms with E-state index in [9.17, 15) is 0 Å². The number of rotatable bonds is 3. The molecule has 0 aromatic heterocycles. The van der Waals surface area contributed by atoms with Gasteiger partial charge in [0, 0.05) is 28.9 Å². The molecule has 1 unspecified atom stereocenters. The van der Waals surface area contributed by atoms with Crippen LogP contribution in [-0.2, 0) is 0 Å². The number of para-hydroxylation sites is 1. The van der Waals surface area contributed by atoms with Gasteiger partial charge in [-0.25, -0.2) is 0 Å². The normalized spacial score (nSPS) is 15.8. The monoisotopic (exact) mass is 487 g/mol. The third kappa shape index (κ3) is 3.20. The zero-order chi connectivity index (χ0) is 25.1. The maximum Gasteiger partial charge on any atom is 0.130 e. The quantitative estimate of drug-likeness (QED) is 0.230. The van der Waals surface area contributed by atoms with Crippen LogP contribution in [0.4, 0.5) is 17.1 Å². The molecule has 2 nitrogen and oxygen atoms in total. The van der Waals surface area contributed by atoms with Gasteiger partial charge in [-0.2, -0.15) is 0 Å². The molecule has 38 heavy (non-hydrogen) atoms. The summed E-state index contributed by atoms with van der Waals surface area (Å²) in [5.41, 5.74) is 5.85. The van der Waals surface area contributed by atoms with E-state index in [4.69, 9.17) is 4.74 Å². The largest absolute Gasteiger partial charge is 0.485 e. The average molecular weight is 488 g/mol. The van der Waals surface area contributed by atoms with Crippen LogP contribution in [0.1, 0.15) is 12.0 Å². The van der Waals surface area contributed by atoms with Gasteiger partial charge >= 0.3 is 0 Å². The van der Waals surface area contributed by atoms with E-state index in [2.05, 4.69) is 138 Å².